The first-order chi connectivity index (χ1) is 4.24. The summed E-state index contributed by atoms with van der Waals surface area (Å²) in [5.74, 6) is 0.179. The first-order valence-electron chi connectivity index (χ1n) is 3.62. The van der Waals surface area contributed by atoms with Crippen molar-refractivity contribution in [2.45, 2.75) is 5.92 Å². The van der Waals surface area contributed by atoms with Crippen LogP contribution in [0.25, 0.3) is 0 Å². The summed E-state index contributed by atoms with van der Waals surface area (Å²) in [7, 11) is 0. The highest BCUT2D eigenvalue weighted by Gasteiger charge is 2.98. The summed E-state index contributed by atoms with van der Waals surface area (Å²) in [5, 5.41) is 0. The Bertz CT molecular complexity index is 193. The zero-order valence-electron chi connectivity index (χ0n) is 4.72. The van der Waals surface area contributed by atoms with Gasteiger partial charge in [0.15, 0.2) is 0 Å². The van der Waals surface area contributed by atoms with Crippen LogP contribution >= 0.6 is 0 Å². The molecule has 0 aliphatic heterocycles. The van der Waals surface area contributed by atoms with E-state index in [1.807, 2.05) is 0 Å². The molecule has 0 nitrogen and oxygen atoms in total. The molecule has 0 radical (unpaired) electrons. The molecule has 0 N–H and O–H groups in total. The lowest BCUT2D eigenvalue weighted by Crippen LogP contribution is -2.09. The molecule has 4 atom stereocenters. The molecule has 0 saturated heterocycles. The molecule has 2 bridgehead atoms. The highest BCUT2D eigenvalue weighted by molar-refractivity contribution is 5.41. The zero-order valence-corrected chi connectivity index (χ0v) is 4.72. The largest absolute Gasteiger partial charge is 0.255 e. The van der Waals surface area contributed by atoms with Crippen LogP contribution in [-0.2, 0) is 0 Å². The summed E-state index contributed by atoms with van der Waals surface area (Å²) in [6, 6.07) is 0. The van der Waals surface area contributed by atoms with Crippen molar-refractivity contribution in [1.82, 2.24) is 0 Å². The van der Waals surface area contributed by atoms with Crippen molar-refractivity contribution >= 4 is 0 Å². The second-order valence-corrected chi connectivity index (χ2v) is 4.04. The molecule has 0 aromatic heterocycles. The van der Waals surface area contributed by atoms with Crippen molar-refractivity contribution in [2.24, 2.45) is 35.5 Å². The predicted octanol–water partition coefficient (Wildman–Crippen LogP) is 1.37. The van der Waals surface area contributed by atoms with E-state index in [4.69, 9.17) is 0 Å². The molecule has 5 aliphatic rings. The summed E-state index contributed by atoms with van der Waals surface area (Å²) in [4.78, 5) is 0. The van der Waals surface area contributed by atoms with Gasteiger partial charge >= 0.3 is 0 Å². The Hall–Kier alpha value is -0.140. The average molecular weight is 128 g/mol. The van der Waals surface area contributed by atoms with E-state index in [9.17, 15) is 8.78 Å². The van der Waals surface area contributed by atoms with Gasteiger partial charge in [0.1, 0.15) is 0 Å². The average Bonchev–Trinajstić information content (AvgIpc) is 2.60. The van der Waals surface area contributed by atoms with E-state index in [0.717, 1.165) is 11.8 Å². The molecule has 0 amide bonds. The maximum atomic E-state index is 12.5. The van der Waals surface area contributed by atoms with E-state index in [2.05, 4.69) is 0 Å². The minimum Gasteiger partial charge on any atom is -0.206 e. The quantitative estimate of drug-likeness (QED) is 0.462. The molecule has 2 heteroatoms. The Balaban J connectivity index is 1.88. The predicted molar refractivity (Wildman–Crippen MR) is 25.9 cm³/mol. The molecule has 5 rings (SSSR count). The minimum atomic E-state index is -2.20. The van der Waals surface area contributed by atoms with E-state index in [1.54, 1.807) is 0 Å². The third kappa shape index (κ3) is 0.188. The molecule has 9 heavy (non-hydrogen) atoms. The van der Waals surface area contributed by atoms with E-state index >= 15 is 0 Å². The zero-order chi connectivity index (χ0) is 5.96. The third-order valence-corrected chi connectivity index (χ3v) is 3.94. The molecular weight excluding hydrogens is 122 g/mol. The highest BCUT2D eigenvalue weighted by atomic mass is 19.3. The van der Waals surface area contributed by atoms with Crippen LogP contribution in [0.4, 0.5) is 8.78 Å². The van der Waals surface area contributed by atoms with Crippen LogP contribution in [0.15, 0.2) is 0 Å². The molecule has 0 aromatic rings. The van der Waals surface area contributed by atoms with Crippen molar-refractivity contribution in [3.63, 3.8) is 0 Å². The summed E-state index contributed by atoms with van der Waals surface area (Å²) in [6.07, 6.45) is 0. The standard InChI is InChI=1S/C7H6F2/c8-7(9)5-3-1-2(3)4(1)6(5)7/h1-6H/t1?,2?,3?,4?,5-,6+. The molecule has 5 aliphatic carbocycles. The molecule has 5 saturated carbocycles. The van der Waals surface area contributed by atoms with Crippen LogP contribution in [0.3, 0.4) is 0 Å². The SMILES string of the molecule is FC1(F)[C@@H]2C3C4C3C4[C@@H]21. The monoisotopic (exact) mass is 128 g/mol. The fraction of sp³-hybridized carbons (Fsp3) is 1.00. The molecular formula is C7H6F2. The number of hydrogen-bond acceptors (Lipinski definition) is 0. The Kier molecular flexibility index (Phi) is 0.281. The van der Waals surface area contributed by atoms with E-state index < -0.39 is 5.92 Å². The van der Waals surface area contributed by atoms with E-state index in [0.29, 0.717) is 11.8 Å². The van der Waals surface area contributed by atoms with Gasteiger partial charge in [0, 0.05) is 11.8 Å². The lowest BCUT2D eigenvalue weighted by Gasteiger charge is -2.05. The van der Waals surface area contributed by atoms with Gasteiger partial charge in [-0.25, -0.2) is 8.78 Å². The van der Waals surface area contributed by atoms with Gasteiger partial charge in [-0.05, 0) is 23.7 Å². The molecule has 5 fully saturated rings. The minimum absolute atomic E-state index is 0.127. The van der Waals surface area contributed by atoms with E-state index in [1.165, 1.54) is 0 Å². The van der Waals surface area contributed by atoms with Gasteiger partial charge in [0.25, 0.3) is 5.92 Å². The van der Waals surface area contributed by atoms with Gasteiger partial charge < -0.3 is 0 Å². The lowest BCUT2D eigenvalue weighted by molar-refractivity contribution is 0.0532. The van der Waals surface area contributed by atoms with Crippen LogP contribution in [0.5, 0.6) is 0 Å². The van der Waals surface area contributed by atoms with Gasteiger partial charge in [-0.1, -0.05) is 0 Å². The van der Waals surface area contributed by atoms with Gasteiger partial charge in [0.2, 0.25) is 0 Å². The summed E-state index contributed by atoms with van der Waals surface area (Å²) < 4.78 is 25.1. The van der Waals surface area contributed by atoms with Gasteiger partial charge in [0.05, 0.1) is 0 Å². The fourth-order valence-corrected chi connectivity index (χ4v) is 3.46. The smallest absolute Gasteiger partial charge is 0.206 e. The van der Waals surface area contributed by atoms with Crippen molar-refractivity contribution < 1.29 is 8.78 Å². The van der Waals surface area contributed by atoms with Crippen molar-refractivity contribution in [1.29, 1.82) is 0 Å². The normalized spacial score (nSPS) is 83.3. The number of halogens is 2. The Labute approximate surface area is 51.2 Å². The van der Waals surface area contributed by atoms with E-state index in [-0.39, 0.29) is 11.8 Å². The second kappa shape index (κ2) is 0.650. The lowest BCUT2D eigenvalue weighted by atomic mass is 10.1. The first kappa shape index (κ1) is 3.89. The molecule has 48 valence electrons. The maximum absolute atomic E-state index is 12.5. The molecule has 0 heterocycles. The van der Waals surface area contributed by atoms with Crippen molar-refractivity contribution in [3.05, 3.63) is 0 Å². The number of hydrogen-bond donors (Lipinski definition) is 0. The summed E-state index contributed by atoms with van der Waals surface area (Å²) in [5.41, 5.74) is 0. The van der Waals surface area contributed by atoms with Gasteiger partial charge in [-0.3, -0.25) is 0 Å². The Morgan fingerprint density at radius 3 is 1.56 bits per heavy atom. The van der Waals surface area contributed by atoms with Gasteiger partial charge in [-0.15, -0.1) is 0 Å². The van der Waals surface area contributed by atoms with Crippen LogP contribution in [0, 0.1) is 35.5 Å². The van der Waals surface area contributed by atoms with Crippen LogP contribution in [-0.4, -0.2) is 5.92 Å². The molecule has 2 unspecified atom stereocenters. The number of rotatable bonds is 0. The first-order valence-corrected chi connectivity index (χ1v) is 3.62. The fourth-order valence-electron chi connectivity index (χ4n) is 3.46. The molecule has 0 aromatic carbocycles. The summed E-state index contributed by atoms with van der Waals surface area (Å²) in [6.45, 7) is 0. The van der Waals surface area contributed by atoms with Gasteiger partial charge in [-0.2, -0.15) is 0 Å². The van der Waals surface area contributed by atoms with Crippen molar-refractivity contribution in [2.75, 3.05) is 0 Å². The third-order valence-electron chi connectivity index (χ3n) is 3.94. The van der Waals surface area contributed by atoms with Crippen molar-refractivity contribution in [3.8, 4) is 0 Å². The summed E-state index contributed by atoms with van der Waals surface area (Å²) >= 11 is 0. The second-order valence-electron chi connectivity index (χ2n) is 4.04. The molecule has 0 spiro atoms. The Morgan fingerprint density at radius 2 is 1.22 bits per heavy atom. The van der Waals surface area contributed by atoms with Crippen LogP contribution in [0.2, 0.25) is 0 Å². The maximum Gasteiger partial charge on any atom is 0.255 e. The highest BCUT2D eigenvalue weighted by Crippen LogP contribution is 2.96. The number of alkyl halides is 2. The van der Waals surface area contributed by atoms with Crippen LogP contribution in [0.1, 0.15) is 0 Å². The Morgan fingerprint density at radius 1 is 0.778 bits per heavy atom. The topological polar surface area (TPSA) is 0 Å². The van der Waals surface area contributed by atoms with Crippen LogP contribution < -0.4 is 0 Å².